The van der Waals surface area contributed by atoms with E-state index in [1.165, 1.54) is 18.4 Å². The molecule has 5 N–H and O–H groups in total. The number of aliphatic hydroxyl groups is 1. The Kier molecular flexibility index (Phi) is 8.54. The second kappa shape index (κ2) is 10.4. The van der Waals surface area contributed by atoms with Crippen molar-refractivity contribution in [3.63, 3.8) is 0 Å². The van der Waals surface area contributed by atoms with Gasteiger partial charge in [0.2, 0.25) is 5.91 Å². The highest BCUT2D eigenvalue weighted by molar-refractivity contribution is 6.31. The second-order valence-corrected chi connectivity index (χ2v) is 5.92. The SMILES string of the molecule is CCCN(CC(O)/C(N)=C/C=C\N)C(=O)Cc1ccc(C#N)c(Cl)c1. The Morgan fingerprint density at radius 1 is 1.52 bits per heavy atom. The summed E-state index contributed by atoms with van der Waals surface area (Å²) in [7, 11) is 0. The minimum atomic E-state index is -0.976. The molecular formula is C18H23ClN4O2. The minimum Gasteiger partial charge on any atom is -0.405 e. The summed E-state index contributed by atoms with van der Waals surface area (Å²) in [4.78, 5) is 14.1. The first kappa shape index (κ1) is 20.6. The zero-order valence-corrected chi connectivity index (χ0v) is 14.9. The van der Waals surface area contributed by atoms with Crippen molar-refractivity contribution in [1.29, 1.82) is 5.26 Å². The van der Waals surface area contributed by atoms with Gasteiger partial charge in [0.25, 0.3) is 0 Å². The predicted octanol–water partition coefficient (Wildman–Crippen LogP) is 1.67. The van der Waals surface area contributed by atoms with Crippen LogP contribution in [0, 0.1) is 11.3 Å². The normalized spacial score (nSPS) is 12.8. The molecule has 1 aromatic rings. The highest BCUT2D eigenvalue weighted by Crippen LogP contribution is 2.18. The van der Waals surface area contributed by atoms with Crippen molar-refractivity contribution in [3.8, 4) is 6.07 Å². The van der Waals surface area contributed by atoms with E-state index >= 15 is 0 Å². The van der Waals surface area contributed by atoms with Crippen LogP contribution in [0.5, 0.6) is 0 Å². The molecule has 0 fully saturated rings. The summed E-state index contributed by atoms with van der Waals surface area (Å²) in [5, 5.41) is 19.4. The van der Waals surface area contributed by atoms with E-state index in [2.05, 4.69) is 0 Å². The molecule has 1 atom stereocenters. The Morgan fingerprint density at radius 3 is 2.80 bits per heavy atom. The highest BCUT2D eigenvalue weighted by Gasteiger charge is 2.19. The largest absolute Gasteiger partial charge is 0.405 e. The molecule has 0 saturated heterocycles. The maximum absolute atomic E-state index is 12.6. The molecular weight excluding hydrogens is 340 g/mol. The van der Waals surface area contributed by atoms with Crippen LogP contribution in [0.2, 0.25) is 5.02 Å². The van der Waals surface area contributed by atoms with Crippen LogP contribution in [-0.2, 0) is 11.2 Å². The van der Waals surface area contributed by atoms with Crippen LogP contribution in [0.1, 0.15) is 24.5 Å². The van der Waals surface area contributed by atoms with Gasteiger partial charge in [0, 0.05) is 12.2 Å². The summed E-state index contributed by atoms with van der Waals surface area (Å²) >= 11 is 6.00. The maximum Gasteiger partial charge on any atom is 0.227 e. The van der Waals surface area contributed by atoms with Gasteiger partial charge in [-0.3, -0.25) is 4.79 Å². The van der Waals surface area contributed by atoms with Gasteiger partial charge in [0.1, 0.15) is 12.2 Å². The smallest absolute Gasteiger partial charge is 0.227 e. The van der Waals surface area contributed by atoms with Gasteiger partial charge in [-0.1, -0.05) is 24.6 Å². The molecule has 7 heteroatoms. The average Bonchev–Trinajstić information content (AvgIpc) is 2.59. The van der Waals surface area contributed by atoms with Crippen LogP contribution in [0.15, 0.2) is 42.2 Å². The van der Waals surface area contributed by atoms with Crippen LogP contribution in [0.3, 0.4) is 0 Å². The minimum absolute atomic E-state index is 0.0947. The van der Waals surface area contributed by atoms with Crippen molar-refractivity contribution in [2.45, 2.75) is 25.9 Å². The summed E-state index contributed by atoms with van der Waals surface area (Å²) in [6, 6.07) is 6.87. The number of nitrogens with zero attached hydrogens (tertiary/aromatic N) is 2. The summed E-state index contributed by atoms with van der Waals surface area (Å²) < 4.78 is 0. The van der Waals surface area contributed by atoms with Gasteiger partial charge < -0.3 is 21.5 Å². The Labute approximate surface area is 153 Å². The van der Waals surface area contributed by atoms with E-state index in [1.807, 2.05) is 13.0 Å². The fraction of sp³-hybridized carbons (Fsp3) is 0.333. The molecule has 0 saturated carbocycles. The van der Waals surface area contributed by atoms with Gasteiger partial charge in [-0.15, -0.1) is 0 Å². The zero-order chi connectivity index (χ0) is 18.8. The van der Waals surface area contributed by atoms with E-state index < -0.39 is 6.10 Å². The van der Waals surface area contributed by atoms with E-state index in [0.717, 1.165) is 6.42 Å². The third-order valence-corrected chi connectivity index (χ3v) is 3.85. The predicted molar refractivity (Wildman–Crippen MR) is 98.3 cm³/mol. The van der Waals surface area contributed by atoms with Crippen molar-refractivity contribution in [2.24, 2.45) is 11.5 Å². The summed E-state index contributed by atoms with van der Waals surface area (Å²) in [6.07, 6.45) is 4.23. The zero-order valence-electron chi connectivity index (χ0n) is 14.2. The number of carbonyl (C=O) groups is 1. The summed E-state index contributed by atoms with van der Waals surface area (Å²) in [6.45, 7) is 2.54. The molecule has 0 aromatic heterocycles. The lowest BCUT2D eigenvalue weighted by Crippen LogP contribution is -2.40. The molecule has 6 nitrogen and oxygen atoms in total. The molecule has 134 valence electrons. The number of benzene rings is 1. The number of aliphatic hydroxyl groups excluding tert-OH is 1. The second-order valence-electron chi connectivity index (χ2n) is 5.51. The molecule has 0 aliphatic carbocycles. The molecule has 0 spiro atoms. The van der Waals surface area contributed by atoms with Crippen LogP contribution in [-0.4, -0.2) is 35.1 Å². The molecule has 0 aliphatic rings. The van der Waals surface area contributed by atoms with Gasteiger partial charge in [-0.05, 0) is 42.5 Å². The quantitative estimate of drug-likeness (QED) is 0.608. The van der Waals surface area contributed by atoms with E-state index in [9.17, 15) is 9.90 Å². The molecule has 1 aromatic carbocycles. The lowest BCUT2D eigenvalue weighted by Gasteiger charge is -2.25. The lowest BCUT2D eigenvalue weighted by atomic mass is 10.1. The molecule has 1 unspecified atom stereocenters. The van der Waals surface area contributed by atoms with Crippen LogP contribution < -0.4 is 11.5 Å². The third-order valence-electron chi connectivity index (χ3n) is 3.53. The first-order chi connectivity index (χ1) is 11.9. The van der Waals surface area contributed by atoms with Crippen LogP contribution >= 0.6 is 11.6 Å². The van der Waals surface area contributed by atoms with Crippen molar-refractivity contribution in [2.75, 3.05) is 13.1 Å². The van der Waals surface area contributed by atoms with Crippen LogP contribution in [0.4, 0.5) is 0 Å². The first-order valence-corrected chi connectivity index (χ1v) is 8.29. The number of nitrogens with two attached hydrogens (primary N) is 2. The van der Waals surface area contributed by atoms with Gasteiger partial charge in [-0.2, -0.15) is 5.26 Å². The van der Waals surface area contributed by atoms with E-state index in [1.54, 1.807) is 23.1 Å². The van der Waals surface area contributed by atoms with Gasteiger partial charge in [0.15, 0.2) is 0 Å². The summed E-state index contributed by atoms with van der Waals surface area (Å²) in [5.41, 5.74) is 12.3. The number of halogens is 1. The molecule has 1 rings (SSSR count). The number of amides is 1. The Hall–Kier alpha value is -2.49. The van der Waals surface area contributed by atoms with Crippen molar-refractivity contribution in [3.05, 3.63) is 58.4 Å². The molecule has 0 aliphatic heterocycles. The molecule has 0 bridgehead atoms. The Bertz CT molecular complexity index is 695. The third kappa shape index (κ3) is 6.49. The van der Waals surface area contributed by atoms with Gasteiger partial charge in [0.05, 0.1) is 23.6 Å². The van der Waals surface area contributed by atoms with Crippen molar-refractivity contribution < 1.29 is 9.90 Å². The first-order valence-electron chi connectivity index (χ1n) is 7.91. The van der Waals surface area contributed by atoms with Crippen LogP contribution in [0.25, 0.3) is 0 Å². The topological polar surface area (TPSA) is 116 Å². The van der Waals surface area contributed by atoms with Gasteiger partial charge >= 0.3 is 0 Å². The Balaban J connectivity index is 2.82. The highest BCUT2D eigenvalue weighted by atomic mass is 35.5. The number of nitriles is 1. The fourth-order valence-electron chi connectivity index (χ4n) is 2.23. The Morgan fingerprint density at radius 2 is 2.24 bits per heavy atom. The number of rotatable bonds is 8. The van der Waals surface area contributed by atoms with Crippen molar-refractivity contribution >= 4 is 17.5 Å². The lowest BCUT2D eigenvalue weighted by molar-refractivity contribution is -0.131. The number of allylic oxidation sites excluding steroid dienone is 2. The van der Waals surface area contributed by atoms with E-state index in [4.69, 9.17) is 28.3 Å². The monoisotopic (exact) mass is 362 g/mol. The average molecular weight is 363 g/mol. The fourth-order valence-corrected chi connectivity index (χ4v) is 2.47. The van der Waals surface area contributed by atoms with Gasteiger partial charge in [-0.25, -0.2) is 0 Å². The van der Waals surface area contributed by atoms with E-state index in [-0.39, 0.29) is 24.6 Å². The summed E-state index contributed by atoms with van der Waals surface area (Å²) in [5.74, 6) is -0.149. The van der Waals surface area contributed by atoms with Crippen molar-refractivity contribution in [1.82, 2.24) is 4.90 Å². The molecule has 1 amide bonds. The number of hydrogen-bond donors (Lipinski definition) is 3. The standard InChI is InChI=1S/C18H23ClN4O2/c1-2-8-23(12-17(24)16(22)4-3-7-20)18(25)10-13-5-6-14(11-21)15(19)9-13/h3-7,9,17,24H,2,8,10,12,20,22H2,1H3/b7-3-,16-4-. The molecule has 0 heterocycles. The molecule has 0 radical (unpaired) electrons. The number of hydrogen-bond acceptors (Lipinski definition) is 5. The number of carbonyl (C=O) groups excluding carboxylic acids is 1. The van der Waals surface area contributed by atoms with E-state index in [0.29, 0.717) is 22.7 Å². The molecule has 25 heavy (non-hydrogen) atoms. The maximum atomic E-state index is 12.6.